The van der Waals surface area contributed by atoms with Crippen molar-refractivity contribution in [3.8, 4) is 0 Å². The summed E-state index contributed by atoms with van der Waals surface area (Å²) in [6.45, 7) is 4.56. The third-order valence-electron chi connectivity index (χ3n) is 5.48. The Morgan fingerprint density at radius 1 is 1.30 bits per heavy atom. The second-order valence-corrected chi connectivity index (χ2v) is 8.33. The lowest BCUT2D eigenvalue weighted by atomic mass is 9.69. The Balaban J connectivity index is 0.00000182. The fourth-order valence-corrected chi connectivity index (χ4v) is 4.69. The fraction of sp³-hybridized carbons (Fsp3) is 0.722. The van der Waals surface area contributed by atoms with Gasteiger partial charge in [-0.15, -0.1) is 36.2 Å². The average molecular weight is 437 g/mol. The molecule has 0 radical (unpaired) electrons. The van der Waals surface area contributed by atoms with Crippen LogP contribution in [0.3, 0.4) is 0 Å². The maximum atomic E-state index is 12.9. The molecule has 1 saturated heterocycles. The number of carbonyl (C=O) groups excluding carboxylic acids is 2. The van der Waals surface area contributed by atoms with Crippen molar-refractivity contribution in [2.45, 2.75) is 57.9 Å². The van der Waals surface area contributed by atoms with Crippen molar-refractivity contribution in [1.29, 1.82) is 0 Å². The first-order valence-corrected chi connectivity index (χ1v) is 10.2. The van der Waals surface area contributed by atoms with Gasteiger partial charge < -0.3 is 15.5 Å². The van der Waals surface area contributed by atoms with Crippen LogP contribution in [0.15, 0.2) is 11.6 Å². The van der Waals surface area contributed by atoms with Gasteiger partial charge in [0, 0.05) is 50.1 Å². The Bertz CT molecular complexity index is 594. The van der Waals surface area contributed by atoms with Crippen molar-refractivity contribution < 1.29 is 9.59 Å². The predicted octanol–water partition coefficient (Wildman–Crippen LogP) is 3.48. The maximum Gasteiger partial charge on any atom is 0.226 e. The van der Waals surface area contributed by atoms with E-state index in [9.17, 15) is 9.59 Å². The van der Waals surface area contributed by atoms with Crippen molar-refractivity contribution >= 4 is 53.1 Å². The van der Waals surface area contributed by atoms with Crippen molar-refractivity contribution in [2.75, 3.05) is 25.0 Å². The third-order valence-corrected chi connectivity index (χ3v) is 6.16. The van der Waals surface area contributed by atoms with Crippen LogP contribution < -0.4 is 10.6 Å². The monoisotopic (exact) mass is 436 g/mol. The molecule has 1 aromatic rings. The second kappa shape index (κ2) is 11.2. The molecule has 2 heterocycles. The zero-order valence-corrected chi connectivity index (χ0v) is 18.2. The Kier molecular flexibility index (Phi) is 10.0. The van der Waals surface area contributed by atoms with E-state index in [4.69, 9.17) is 0 Å². The van der Waals surface area contributed by atoms with E-state index in [2.05, 4.69) is 22.5 Å². The number of hydrogen-bond acceptors (Lipinski definition) is 5. The number of thiazole rings is 1. The minimum atomic E-state index is -0.193. The van der Waals surface area contributed by atoms with Gasteiger partial charge in [-0.3, -0.25) is 9.59 Å². The molecule has 1 aromatic heterocycles. The molecule has 2 amide bonds. The zero-order valence-electron chi connectivity index (χ0n) is 15.7. The van der Waals surface area contributed by atoms with Gasteiger partial charge in [-0.05, 0) is 25.2 Å². The van der Waals surface area contributed by atoms with Crippen LogP contribution in [-0.2, 0) is 9.59 Å². The molecule has 2 aliphatic rings. The topological polar surface area (TPSA) is 74.3 Å². The van der Waals surface area contributed by atoms with Gasteiger partial charge >= 0.3 is 0 Å². The van der Waals surface area contributed by atoms with Crippen LogP contribution in [0.25, 0.3) is 0 Å². The molecule has 3 rings (SSSR count). The van der Waals surface area contributed by atoms with E-state index in [0.29, 0.717) is 18.0 Å². The van der Waals surface area contributed by atoms with E-state index in [1.807, 2.05) is 10.3 Å². The summed E-state index contributed by atoms with van der Waals surface area (Å²) >= 11 is 1.42. The summed E-state index contributed by atoms with van der Waals surface area (Å²) in [7, 11) is 0. The SMILES string of the molecule is C[C@H]1CNCCN1C(=O)CC1(CC(=O)Nc2nccs2)CCCCC1.Cl.Cl. The van der Waals surface area contributed by atoms with Crippen LogP contribution in [0.4, 0.5) is 5.13 Å². The smallest absolute Gasteiger partial charge is 0.226 e. The van der Waals surface area contributed by atoms with Crippen molar-refractivity contribution in [3.63, 3.8) is 0 Å². The molecule has 6 nitrogen and oxygen atoms in total. The summed E-state index contributed by atoms with van der Waals surface area (Å²) in [5.41, 5.74) is -0.193. The van der Waals surface area contributed by atoms with Crippen molar-refractivity contribution in [2.24, 2.45) is 5.41 Å². The highest BCUT2D eigenvalue weighted by atomic mass is 35.5. The Morgan fingerprint density at radius 2 is 2.04 bits per heavy atom. The number of carbonyl (C=O) groups is 2. The molecule has 2 fully saturated rings. The van der Waals surface area contributed by atoms with E-state index in [1.165, 1.54) is 17.8 Å². The van der Waals surface area contributed by atoms with Gasteiger partial charge in [-0.1, -0.05) is 19.3 Å². The van der Waals surface area contributed by atoms with E-state index in [-0.39, 0.29) is 48.1 Å². The molecule has 0 unspecified atom stereocenters. The fourth-order valence-electron chi connectivity index (χ4n) is 4.14. The van der Waals surface area contributed by atoms with Crippen LogP contribution in [0.1, 0.15) is 51.9 Å². The van der Waals surface area contributed by atoms with Crippen LogP contribution in [0.5, 0.6) is 0 Å². The lowest BCUT2D eigenvalue weighted by Crippen LogP contribution is -2.53. The molecule has 1 aliphatic carbocycles. The van der Waals surface area contributed by atoms with Gasteiger partial charge in [-0.2, -0.15) is 0 Å². The average Bonchev–Trinajstić information content (AvgIpc) is 3.08. The summed E-state index contributed by atoms with van der Waals surface area (Å²) in [4.78, 5) is 31.6. The second-order valence-electron chi connectivity index (χ2n) is 7.44. The number of hydrogen-bond donors (Lipinski definition) is 2. The van der Waals surface area contributed by atoms with Crippen molar-refractivity contribution in [1.82, 2.24) is 15.2 Å². The number of rotatable bonds is 5. The number of piperazine rings is 1. The molecular weight excluding hydrogens is 407 g/mol. The Hall–Kier alpha value is -0.890. The number of nitrogens with one attached hydrogen (secondary N) is 2. The number of halogens is 2. The van der Waals surface area contributed by atoms with Gasteiger partial charge in [0.05, 0.1) is 0 Å². The molecular formula is C18H30Cl2N4O2S. The summed E-state index contributed by atoms with van der Waals surface area (Å²) < 4.78 is 0. The number of aromatic nitrogens is 1. The molecule has 9 heteroatoms. The van der Waals surface area contributed by atoms with Crippen LogP contribution >= 0.6 is 36.2 Å². The van der Waals surface area contributed by atoms with Gasteiger partial charge in [-0.25, -0.2) is 4.98 Å². The van der Waals surface area contributed by atoms with E-state index >= 15 is 0 Å². The quantitative estimate of drug-likeness (QED) is 0.740. The third kappa shape index (κ3) is 6.59. The normalized spacial score (nSPS) is 21.5. The first kappa shape index (κ1) is 24.1. The minimum Gasteiger partial charge on any atom is -0.337 e. The highest BCUT2D eigenvalue weighted by Gasteiger charge is 2.38. The van der Waals surface area contributed by atoms with Gasteiger partial charge in [0.1, 0.15) is 0 Å². The van der Waals surface area contributed by atoms with Gasteiger partial charge in [0.15, 0.2) is 5.13 Å². The molecule has 1 aliphatic heterocycles. The maximum absolute atomic E-state index is 12.9. The Morgan fingerprint density at radius 3 is 2.67 bits per heavy atom. The molecule has 1 saturated carbocycles. The van der Waals surface area contributed by atoms with E-state index < -0.39 is 0 Å². The van der Waals surface area contributed by atoms with E-state index in [1.54, 1.807) is 6.20 Å². The van der Waals surface area contributed by atoms with Gasteiger partial charge in [0.25, 0.3) is 0 Å². The van der Waals surface area contributed by atoms with Crippen LogP contribution in [-0.4, -0.2) is 47.4 Å². The summed E-state index contributed by atoms with van der Waals surface area (Å²) in [6.07, 6.45) is 7.93. The zero-order chi connectivity index (χ0) is 17.7. The van der Waals surface area contributed by atoms with E-state index in [0.717, 1.165) is 45.3 Å². The standard InChI is InChI=1S/C18H28N4O2S.2ClH/c1-14-13-19-7-9-22(14)16(24)12-18(5-3-2-4-6-18)11-15(23)21-17-20-8-10-25-17;;/h8,10,14,19H,2-7,9,11-13H2,1H3,(H,20,21,23);2*1H/t14-;;/m0../s1. The highest BCUT2D eigenvalue weighted by molar-refractivity contribution is 7.13. The molecule has 1 atom stereocenters. The lowest BCUT2D eigenvalue weighted by Gasteiger charge is -2.40. The molecule has 0 aromatic carbocycles. The summed E-state index contributed by atoms with van der Waals surface area (Å²) in [5.74, 6) is 0.191. The van der Waals surface area contributed by atoms with Crippen molar-refractivity contribution in [3.05, 3.63) is 11.6 Å². The molecule has 2 N–H and O–H groups in total. The summed E-state index contributed by atoms with van der Waals surface area (Å²) in [5, 5.41) is 8.70. The number of amides is 2. The summed E-state index contributed by atoms with van der Waals surface area (Å²) in [6, 6.07) is 0.228. The molecule has 27 heavy (non-hydrogen) atoms. The van der Waals surface area contributed by atoms with Crippen LogP contribution in [0.2, 0.25) is 0 Å². The number of anilines is 1. The minimum absolute atomic E-state index is 0. The lowest BCUT2D eigenvalue weighted by molar-refractivity contribution is -0.137. The largest absolute Gasteiger partial charge is 0.337 e. The first-order chi connectivity index (χ1) is 12.1. The number of nitrogens with zero attached hydrogens (tertiary/aromatic N) is 2. The molecule has 154 valence electrons. The predicted molar refractivity (Wildman–Crippen MR) is 114 cm³/mol. The van der Waals surface area contributed by atoms with Crippen LogP contribution in [0, 0.1) is 5.41 Å². The first-order valence-electron chi connectivity index (χ1n) is 9.28. The highest BCUT2D eigenvalue weighted by Crippen LogP contribution is 2.43. The molecule has 0 spiro atoms. The van der Waals surface area contributed by atoms with Gasteiger partial charge in [0.2, 0.25) is 11.8 Å². The molecule has 0 bridgehead atoms. The Labute approximate surface area is 177 Å².